The van der Waals surface area contributed by atoms with Crippen molar-refractivity contribution >= 4 is 31.6 Å². The predicted molar refractivity (Wildman–Crippen MR) is 190 cm³/mol. The van der Waals surface area contributed by atoms with E-state index in [-0.39, 0.29) is 11.4 Å². The molecule has 4 aromatic carbocycles. The van der Waals surface area contributed by atoms with E-state index in [4.69, 9.17) is 22.5 Å². The molecule has 258 valence electrons. The average molecular weight is 713 g/mol. The van der Waals surface area contributed by atoms with Gasteiger partial charge in [0.25, 0.3) is 20.2 Å². The van der Waals surface area contributed by atoms with Crippen LogP contribution < -0.4 is 11.5 Å². The Morgan fingerprint density at radius 3 is 1.30 bits per heavy atom. The van der Waals surface area contributed by atoms with Crippen molar-refractivity contribution in [2.75, 3.05) is 0 Å². The highest BCUT2D eigenvalue weighted by Crippen LogP contribution is 2.47. The summed E-state index contributed by atoms with van der Waals surface area (Å²) in [6.07, 6.45) is 3.46. The first-order chi connectivity index (χ1) is 23.6. The van der Waals surface area contributed by atoms with Crippen molar-refractivity contribution in [2.24, 2.45) is 21.7 Å². The van der Waals surface area contributed by atoms with Gasteiger partial charge in [0.1, 0.15) is 10.5 Å². The van der Waals surface area contributed by atoms with Crippen molar-refractivity contribution < 1.29 is 25.9 Å². The molecule has 0 saturated heterocycles. The monoisotopic (exact) mass is 712 g/mol. The van der Waals surface area contributed by atoms with E-state index in [0.717, 1.165) is 22.3 Å². The van der Waals surface area contributed by atoms with Crippen LogP contribution in [-0.4, -0.2) is 36.4 Å². The number of rotatable bonds is 9. The third-order valence-electron chi connectivity index (χ3n) is 9.91. The minimum atomic E-state index is -4.76. The Hall–Kier alpha value is -4.70. The molecule has 2 aliphatic carbocycles. The molecule has 12 nitrogen and oxygen atoms in total. The maximum absolute atomic E-state index is 12.8. The molecule has 0 bridgehead atoms. The third-order valence-corrected chi connectivity index (χ3v) is 12.2. The second kappa shape index (κ2) is 12.6. The van der Waals surface area contributed by atoms with E-state index in [1.165, 1.54) is 12.2 Å². The molecule has 4 unspecified atom stereocenters. The Bertz CT molecular complexity index is 2190. The molecule has 0 fully saturated rings. The van der Waals surface area contributed by atoms with Crippen LogP contribution in [0.4, 0.5) is 0 Å². The van der Waals surface area contributed by atoms with Gasteiger partial charge in [-0.1, -0.05) is 98.8 Å². The first-order valence-corrected chi connectivity index (χ1v) is 18.8. The molecule has 2 aliphatic rings. The average Bonchev–Trinajstić information content (AvgIpc) is 3.10. The van der Waals surface area contributed by atoms with Gasteiger partial charge in [0.15, 0.2) is 0 Å². The van der Waals surface area contributed by atoms with Crippen molar-refractivity contribution in [3.8, 4) is 11.1 Å². The minimum absolute atomic E-state index is 0.0830. The molecule has 0 aromatic heterocycles. The van der Waals surface area contributed by atoms with E-state index >= 15 is 0 Å². The van der Waals surface area contributed by atoms with Gasteiger partial charge in [0.05, 0.1) is 22.5 Å². The zero-order valence-electron chi connectivity index (χ0n) is 27.2. The number of nitrogens with zero attached hydrogens (tertiary/aromatic N) is 2. The van der Waals surface area contributed by atoms with Gasteiger partial charge in [-0.25, -0.2) is 11.1 Å². The van der Waals surface area contributed by atoms with E-state index in [1.54, 1.807) is 60.7 Å². The van der Waals surface area contributed by atoms with Gasteiger partial charge < -0.3 is 11.5 Å². The molecule has 0 saturated carbocycles. The summed E-state index contributed by atoms with van der Waals surface area (Å²) in [4.78, 5) is 0. The standard InChI is InChI=1S/C36H36N6O6S2/c1-3-21-17-23(35(37)29-11-7-5-9-27(29)31(41-39)19-33(35)49(43,44)45)13-15-25(21)26-16-14-24(18-22(26)4-2)36(38)30-12-8-6-10-28(30)32(42-40)20-34(36)50(46,47)48/h5-20,33-34,39-40H,3-4,37-38H2,1-2H3,(H,43,44,45)(H,46,47,48). The zero-order valence-corrected chi connectivity index (χ0v) is 28.8. The zero-order chi connectivity index (χ0) is 36.2. The van der Waals surface area contributed by atoms with Crippen LogP contribution in [0.1, 0.15) is 58.4 Å². The minimum Gasteiger partial charge on any atom is -0.316 e. The van der Waals surface area contributed by atoms with Crippen molar-refractivity contribution in [3.63, 3.8) is 0 Å². The fourth-order valence-corrected chi connectivity index (χ4v) is 9.53. The largest absolute Gasteiger partial charge is 0.316 e. The Morgan fingerprint density at radius 1 is 0.620 bits per heavy atom. The van der Waals surface area contributed by atoms with Gasteiger partial charge >= 0.3 is 0 Å². The Labute approximate surface area is 290 Å². The Morgan fingerprint density at radius 2 is 0.980 bits per heavy atom. The molecule has 4 aromatic rings. The van der Waals surface area contributed by atoms with Gasteiger partial charge in [-0.2, -0.15) is 27.1 Å². The number of nitrogens with one attached hydrogen (secondary N) is 2. The highest BCUT2D eigenvalue weighted by Gasteiger charge is 2.50. The lowest BCUT2D eigenvalue weighted by Gasteiger charge is -2.40. The molecular formula is C36H36N6O6S2. The smallest absolute Gasteiger partial charge is 0.274 e. The number of hydrogen-bond acceptors (Lipinski definition) is 10. The first kappa shape index (κ1) is 35.1. The van der Waals surface area contributed by atoms with E-state index in [0.29, 0.717) is 46.2 Å². The summed E-state index contributed by atoms with van der Waals surface area (Å²) >= 11 is 0. The van der Waals surface area contributed by atoms with Gasteiger partial charge in [-0.05, 0) is 69.5 Å². The van der Waals surface area contributed by atoms with Crippen molar-refractivity contribution in [1.29, 1.82) is 11.1 Å². The molecule has 14 heteroatoms. The second-order valence-electron chi connectivity index (χ2n) is 12.5. The van der Waals surface area contributed by atoms with E-state index in [1.807, 2.05) is 38.1 Å². The maximum Gasteiger partial charge on any atom is 0.274 e. The fourth-order valence-electron chi connectivity index (χ4n) is 7.46. The molecule has 0 spiro atoms. The number of nitrogens with two attached hydrogens (primary N) is 2. The summed E-state index contributed by atoms with van der Waals surface area (Å²) in [6.45, 7) is 3.90. The highest BCUT2D eigenvalue weighted by atomic mass is 32.2. The molecule has 4 atom stereocenters. The van der Waals surface area contributed by atoms with Crippen LogP contribution in [0.3, 0.4) is 0 Å². The maximum atomic E-state index is 12.8. The van der Waals surface area contributed by atoms with E-state index < -0.39 is 41.8 Å². The topological polar surface area (TPSA) is 233 Å². The normalized spacial score (nSPS) is 23.2. The number of aryl methyl sites for hydroxylation is 2. The second-order valence-corrected chi connectivity index (χ2v) is 15.6. The summed E-state index contributed by atoms with van der Waals surface area (Å²) in [7, 11) is -9.52. The number of hydrogen-bond donors (Lipinski definition) is 6. The molecule has 50 heavy (non-hydrogen) atoms. The number of benzene rings is 4. The molecule has 0 amide bonds. The predicted octanol–water partition coefficient (Wildman–Crippen LogP) is 6.17. The van der Waals surface area contributed by atoms with Gasteiger partial charge in [0, 0.05) is 11.1 Å². The summed E-state index contributed by atoms with van der Waals surface area (Å²) < 4.78 is 72.0. The lowest BCUT2D eigenvalue weighted by Crippen LogP contribution is -2.53. The van der Waals surface area contributed by atoms with Crippen LogP contribution >= 0.6 is 0 Å². The van der Waals surface area contributed by atoms with Gasteiger partial charge in [-0.3, -0.25) is 9.11 Å². The van der Waals surface area contributed by atoms with E-state index in [9.17, 15) is 25.9 Å². The van der Waals surface area contributed by atoms with Crippen LogP contribution in [0.5, 0.6) is 0 Å². The molecule has 0 heterocycles. The molecule has 6 rings (SSSR count). The first-order valence-electron chi connectivity index (χ1n) is 15.8. The van der Waals surface area contributed by atoms with Crippen molar-refractivity contribution in [2.45, 2.75) is 48.3 Å². The number of fused-ring (bicyclic) bond motifs is 2. The SMILES string of the molecule is CCc1cc(C2(N)c3ccccc3C(N=N)=CC2S(=O)(=O)O)ccc1-c1ccc(C2(N)c3ccccc3C(N=N)=CC2S(=O)(=O)O)cc1CC. The van der Waals surface area contributed by atoms with Crippen LogP contribution in [0.2, 0.25) is 0 Å². The van der Waals surface area contributed by atoms with Crippen molar-refractivity contribution in [3.05, 3.63) is 142 Å². The summed E-state index contributed by atoms with van der Waals surface area (Å²) in [5.41, 5.74) is 32.0. The van der Waals surface area contributed by atoms with Crippen LogP contribution in [0.15, 0.2) is 107 Å². The molecule has 0 aliphatic heterocycles. The molecular weight excluding hydrogens is 677 g/mol. The van der Waals surface area contributed by atoms with Crippen LogP contribution in [-0.2, 0) is 44.2 Å². The Kier molecular flexibility index (Phi) is 8.83. The van der Waals surface area contributed by atoms with Crippen LogP contribution in [0.25, 0.3) is 22.5 Å². The Balaban J connectivity index is 1.52. The fraction of sp³-hybridized carbons (Fsp3) is 0.222. The summed E-state index contributed by atoms with van der Waals surface area (Å²) in [6, 6.07) is 24.4. The lowest BCUT2D eigenvalue weighted by atomic mass is 9.73. The third kappa shape index (κ3) is 5.44. The molecule has 8 N–H and O–H groups in total. The summed E-state index contributed by atoms with van der Waals surface area (Å²) in [5, 5.41) is 3.78. The van der Waals surface area contributed by atoms with E-state index in [2.05, 4.69) is 10.2 Å². The van der Waals surface area contributed by atoms with Crippen LogP contribution in [0, 0.1) is 11.1 Å². The highest BCUT2D eigenvalue weighted by molar-refractivity contribution is 7.87. The van der Waals surface area contributed by atoms with Crippen molar-refractivity contribution in [1.82, 2.24) is 0 Å². The quantitative estimate of drug-likeness (QED) is 0.0866. The van der Waals surface area contributed by atoms with Gasteiger partial charge in [-0.15, -0.1) is 0 Å². The summed E-state index contributed by atoms with van der Waals surface area (Å²) in [5.74, 6) is 0. The molecule has 0 radical (unpaired) electrons. The lowest BCUT2D eigenvalue weighted by molar-refractivity contribution is 0.435. The van der Waals surface area contributed by atoms with Gasteiger partial charge in [0.2, 0.25) is 0 Å².